The molecular weight excluding hydrogens is 248 g/mol. The van der Waals surface area contributed by atoms with E-state index in [0.717, 1.165) is 32.4 Å². The lowest BCUT2D eigenvalue weighted by Crippen LogP contribution is -2.37. The molecule has 0 aromatic rings. The molecule has 0 saturated carbocycles. The van der Waals surface area contributed by atoms with E-state index >= 15 is 0 Å². The van der Waals surface area contributed by atoms with Crippen LogP contribution < -0.4 is 5.32 Å². The van der Waals surface area contributed by atoms with Crippen molar-refractivity contribution in [1.82, 2.24) is 9.62 Å². The van der Waals surface area contributed by atoms with Crippen LogP contribution in [0.2, 0.25) is 0 Å². The van der Waals surface area contributed by atoms with Gasteiger partial charge in [-0.15, -0.1) is 0 Å². The Balaban J connectivity index is 2.43. The molecule has 108 valence electrons. The second-order valence-electron chi connectivity index (χ2n) is 6.61. The minimum Gasteiger partial charge on any atom is -0.317 e. The topological polar surface area (TPSA) is 49.4 Å². The minimum absolute atomic E-state index is 0.0105. The second kappa shape index (κ2) is 6.35. The Labute approximate surface area is 112 Å². The van der Waals surface area contributed by atoms with Crippen LogP contribution in [0.4, 0.5) is 0 Å². The minimum atomic E-state index is -3.08. The van der Waals surface area contributed by atoms with Gasteiger partial charge < -0.3 is 5.32 Å². The van der Waals surface area contributed by atoms with Gasteiger partial charge in [0.05, 0.1) is 5.75 Å². The van der Waals surface area contributed by atoms with Crippen molar-refractivity contribution in [3.8, 4) is 0 Å². The maximum absolute atomic E-state index is 12.2. The SMILES string of the molecule is CN(CC(C)(C)C)S(=O)(=O)CCC1CCNCC1. The van der Waals surface area contributed by atoms with Crippen molar-refractivity contribution < 1.29 is 8.42 Å². The molecule has 0 atom stereocenters. The van der Waals surface area contributed by atoms with Gasteiger partial charge >= 0.3 is 0 Å². The van der Waals surface area contributed by atoms with Crippen LogP contribution in [0.15, 0.2) is 0 Å². The highest BCUT2D eigenvalue weighted by Gasteiger charge is 2.24. The molecule has 0 amide bonds. The molecule has 1 heterocycles. The number of rotatable bonds is 5. The van der Waals surface area contributed by atoms with E-state index in [0.29, 0.717) is 18.2 Å². The van der Waals surface area contributed by atoms with Crippen LogP contribution in [0.3, 0.4) is 0 Å². The Morgan fingerprint density at radius 3 is 2.28 bits per heavy atom. The summed E-state index contributed by atoms with van der Waals surface area (Å²) in [6.07, 6.45) is 3.02. The van der Waals surface area contributed by atoms with Crippen molar-refractivity contribution >= 4 is 10.0 Å². The van der Waals surface area contributed by atoms with Crippen LogP contribution in [-0.2, 0) is 10.0 Å². The molecule has 1 saturated heterocycles. The molecule has 0 aliphatic carbocycles. The fraction of sp³-hybridized carbons (Fsp3) is 1.00. The Kier molecular flexibility index (Phi) is 5.62. The average molecular weight is 276 g/mol. The molecule has 0 bridgehead atoms. The Bertz CT molecular complexity index is 340. The average Bonchev–Trinajstić information content (AvgIpc) is 2.26. The third-order valence-electron chi connectivity index (χ3n) is 3.41. The largest absolute Gasteiger partial charge is 0.317 e. The molecule has 1 N–H and O–H groups in total. The molecule has 0 spiro atoms. The van der Waals surface area contributed by atoms with E-state index < -0.39 is 10.0 Å². The number of sulfonamides is 1. The first-order valence-electron chi connectivity index (χ1n) is 6.85. The summed E-state index contributed by atoms with van der Waals surface area (Å²) in [4.78, 5) is 0. The lowest BCUT2D eigenvalue weighted by atomic mass is 9.96. The molecule has 1 rings (SSSR count). The van der Waals surface area contributed by atoms with Crippen LogP contribution in [0.5, 0.6) is 0 Å². The Morgan fingerprint density at radius 2 is 1.78 bits per heavy atom. The van der Waals surface area contributed by atoms with Gasteiger partial charge in [0.25, 0.3) is 0 Å². The van der Waals surface area contributed by atoms with Gasteiger partial charge in [-0.05, 0) is 43.7 Å². The summed E-state index contributed by atoms with van der Waals surface area (Å²) in [6.45, 7) is 8.83. The summed E-state index contributed by atoms with van der Waals surface area (Å²) in [5.41, 5.74) is 0.0105. The Hall–Kier alpha value is -0.130. The lowest BCUT2D eigenvalue weighted by molar-refractivity contribution is 0.308. The molecular formula is C13H28N2O2S. The maximum atomic E-state index is 12.2. The summed E-state index contributed by atoms with van der Waals surface area (Å²) in [5.74, 6) is 0.869. The molecule has 1 fully saturated rings. The summed E-state index contributed by atoms with van der Waals surface area (Å²) in [5, 5.41) is 3.31. The first-order chi connectivity index (χ1) is 8.21. The van der Waals surface area contributed by atoms with Gasteiger partial charge in [-0.3, -0.25) is 0 Å². The highest BCUT2D eigenvalue weighted by molar-refractivity contribution is 7.89. The van der Waals surface area contributed by atoms with E-state index in [-0.39, 0.29) is 5.41 Å². The molecule has 5 heteroatoms. The van der Waals surface area contributed by atoms with Crippen LogP contribution >= 0.6 is 0 Å². The zero-order chi connectivity index (χ0) is 13.8. The van der Waals surface area contributed by atoms with E-state index in [1.165, 1.54) is 4.31 Å². The summed E-state index contributed by atoms with van der Waals surface area (Å²) in [6, 6.07) is 0. The monoisotopic (exact) mass is 276 g/mol. The Morgan fingerprint density at radius 1 is 1.22 bits per heavy atom. The summed E-state index contributed by atoms with van der Waals surface area (Å²) < 4.78 is 25.8. The number of hydrogen-bond donors (Lipinski definition) is 1. The van der Waals surface area contributed by atoms with E-state index in [2.05, 4.69) is 26.1 Å². The molecule has 4 nitrogen and oxygen atoms in total. The van der Waals surface area contributed by atoms with Gasteiger partial charge in [-0.2, -0.15) is 0 Å². The van der Waals surface area contributed by atoms with E-state index in [9.17, 15) is 8.42 Å². The summed E-state index contributed by atoms with van der Waals surface area (Å²) in [7, 11) is -1.38. The molecule has 1 aliphatic heterocycles. The predicted octanol–water partition coefficient (Wildman–Crippen LogP) is 1.68. The summed E-state index contributed by atoms with van der Waals surface area (Å²) >= 11 is 0. The van der Waals surface area contributed by atoms with Gasteiger partial charge in [-0.1, -0.05) is 20.8 Å². The van der Waals surface area contributed by atoms with Crippen LogP contribution in [0.25, 0.3) is 0 Å². The second-order valence-corrected chi connectivity index (χ2v) is 8.81. The van der Waals surface area contributed by atoms with Crippen molar-refractivity contribution in [3.63, 3.8) is 0 Å². The molecule has 0 radical (unpaired) electrons. The highest BCUT2D eigenvalue weighted by Crippen LogP contribution is 2.20. The predicted molar refractivity (Wildman–Crippen MR) is 76.1 cm³/mol. The van der Waals surface area contributed by atoms with Crippen molar-refractivity contribution in [2.45, 2.75) is 40.0 Å². The van der Waals surface area contributed by atoms with Crippen LogP contribution in [-0.4, -0.2) is 45.2 Å². The van der Waals surface area contributed by atoms with Crippen molar-refractivity contribution in [2.24, 2.45) is 11.3 Å². The number of hydrogen-bond acceptors (Lipinski definition) is 3. The third kappa shape index (κ3) is 5.67. The maximum Gasteiger partial charge on any atom is 0.213 e. The zero-order valence-corrected chi connectivity index (χ0v) is 13.0. The first-order valence-corrected chi connectivity index (χ1v) is 8.46. The van der Waals surface area contributed by atoms with Crippen molar-refractivity contribution in [2.75, 3.05) is 32.4 Å². The molecule has 0 unspecified atom stereocenters. The molecule has 0 aromatic carbocycles. The van der Waals surface area contributed by atoms with Crippen LogP contribution in [0, 0.1) is 11.3 Å². The lowest BCUT2D eigenvalue weighted by Gasteiger charge is -2.27. The van der Waals surface area contributed by atoms with Crippen molar-refractivity contribution in [3.05, 3.63) is 0 Å². The van der Waals surface area contributed by atoms with Gasteiger partial charge in [-0.25, -0.2) is 12.7 Å². The molecule has 0 aromatic heterocycles. The van der Waals surface area contributed by atoms with Crippen molar-refractivity contribution in [1.29, 1.82) is 0 Å². The smallest absolute Gasteiger partial charge is 0.213 e. The molecule has 18 heavy (non-hydrogen) atoms. The fourth-order valence-electron chi connectivity index (χ4n) is 2.41. The standard InChI is InChI=1S/C13H28N2O2S/c1-13(2,3)11-15(4)18(16,17)10-7-12-5-8-14-9-6-12/h12,14H,5-11H2,1-4H3. The zero-order valence-electron chi connectivity index (χ0n) is 12.2. The van der Waals surface area contributed by atoms with Gasteiger partial charge in [0.15, 0.2) is 0 Å². The third-order valence-corrected chi connectivity index (χ3v) is 5.25. The highest BCUT2D eigenvalue weighted by atomic mass is 32.2. The van der Waals surface area contributed by atoms with E-state index in [1.807, 2.05) is 0 Å². The quantitative estimate of drug-likeness (QED) is 0.831. The van der Waals surface area contributed by atoms with E-state index in [4.69, 9.17) is 0 Å². The van der Waals surface area contributed by atoms with Gasteiger partial charge in [0, 0.05) is 13.6 Å². The van der Waals surface area contributed by atoms with Gasteiger partial charge in [0.2, 0.25) is 10.0 Å². The number of nitrogens with one attached hydrogen (secondary N) is 1. The fourth-order valence-corrected chi connectivity index (χ4v) is 3.94. The molecule has 1 aliphatic rings. The normalized spacial score (nSPS) is 19.4. The first kappa shape index (κ1) is 15.9. The van der Waals surface area contributed by atoms with Crippen LogP contribution in [0.1, 0.15) is 40.0 Å². The number of nitrogens with zero attached hydrogens (tertiary/aromatic N) is 1. The van der Waals surface area contributed by atoms with Gasteiger partial charge in [0.1, 0.15) is 0 Å². The number of piperidine rings is 1. The van der Waals surface area contributed by atoms with E-state index in [1.54, 1.807) is 7.05 Å².